The molecule has 5 aromatic carbocycles. The van der Waals surface area contributed by atoms with Crippen molar-refractivity contribution in [2.24, 2.45) is 80.3 Å². The summed E-state index contributed by atoms with van der Waals surface area (Å²) >= 11 is 19.7. The van der Waals surface area contributed by atoms with E-state index >= 15 is 0 Å². The van der Waals surface area contributed by atoms with Gasteiger partial charge in [-0.2, -0.15) is 26.3 Å². The number of hydrogen-bond acceptors (Lipinski definition) is 32. The number of halogens is 9. The topological polar surface area (TPSA) is 533 Å². The van der Waals surface area contributed by atoms with Crippen molar-refractivity contribution < 1.29 is 147 Å². The number of azide groups is 3. The zero-order valence-electron chi connectivity index (χ0n) is 82.4. The summed E-state index contributed by atoms with van der Waals surface area (Å²) in [4.78, 5) is 31.1. The lowest BCUT2D eigenvalue weighted by Gasteiger charge is -2.44. The summed E-state index contributed by atoms with van der Waals surface area (Å²) in [5, 5.41) is 80.3. The molecule has 38 nitrogen and oxygen atoms in total. The number of carbonyl (C=O) groups is 2. The van der Waals surface area contributed by atoms with Crippen LogP contribution in [0.2, 0.25) is 0 Å². The summed E-state index contributed by atoms with van der Waals surface area (Å²) in [5.41, 5.74) is 35.9. The molecule has 6 saturated heterocycles. The van der Waals surface area contributed by atoms with Crippen LogP contribution in [0.25, 0.3) is 31.3 Å². The molecule has 2 amide bonds. The molecular weight excluding hydrogens is 2000 g/mol. The van der Waals surface area contributed by atoms with E-state index in [9.17, 15) is 61.5 Å². The number of nitrogens with zero attached hydrogens (tertiary/aromatic N) is 9. The Bertz CT molecular complexity index is 4740. The molecule has 0 bridgehead atoms. The first-order valence-corrected chi connectivity index (χ1v) is 49.4. The zero-order valence-corrected chi connectivity index (χ0v) is 86.3. The number of hydrogen-bond donors (Lipinski definition) is 10. The molecule has 0 spiro atoms. The molecule has 6 aliphatic rings. The highest BCUT2D eigenvalue weighted by Gasteiger charge is 2.52. The maximum absolute atomic E-state index is 12.8. The van der Waals surface area contributed by atoms with Crippen LogP contribution in [0.5, 0.6) is 28.7 Å². The molecule has 11 rings (SSSR count). The molecule has 30 atom stereocenters. The molecular formula is C94H134Cl3F6N13O25S2. The molecule has 0 saturated carbocycles. The average Bonchev–Trinajstić information content (AvgIpc) is 0.793. The number of rotatable bonds is 34. The Morgan fingerprint density at radius 1 is 0.406 bits per heavy atom. The summed E-state index contributed by atoms with van der Waals surface area (Å²) in [6.45, 7) is 22.4. The highest BCUT2D eigenvalue weighted by Crippen LogP contribution is 2.41. The van der Waals surface area contributed by atoms with Crippen molar-refractivity contribution in [3.05, 3.63) is 180 Å². The minimum atomic E-state index is -5.12. The second kappa shape index (κ2) is 61.0. The van der Waals surface area contributed by atoms with Gasteiger partial charge in [0.15, 0.2) is 18.9 Å². The SMILES string of the molecule is COc1ccc(COCC2OC(O)C(N)[C@@H](C)[C@@H]2C)cc1.COc1ccc(COCC2OC(O)C(N=[N+]=[N-])[C@@H](C)[C@@H]2C)cc1.COc1ccc(COCC2OC(O)C(NC(=O)C(F)(F)F)[C@@H](C)[C@@H]2C)cc1.COc1ccc(COCC2OC(OC(=N)C(Cl)(Cl)Cl)C(NC(=O)C(F)(F)F)[C@@H](C)[C@@H]2C)cc1.COc1ccc(COCC2O[C@@H](SC)C(N=[N+]=[N-])[C@@H](C)[C@@H]2C)cc1.CS[C@@H]1OC(CO)[C@@H](O)[C@H](O)C1N=[N+]=[N-]. The zero-order chi connectivity index (χ0) is 106. The van der Waals surface area contributed by atoms with E-state index in [0.29, 0.717) is 52.0 Å². The first-order chi connectivity index (χ1) is 67.7. The van der Waals surface area contributed by atoms with Gasteiger partial charge in [0.2, 0.25) is 12.2 Å². The van der Waals surface area contributed by atoms with Gasteiger partial charge in [-0.3, -0.25) is 15.0 Å². The second-order valence-electron chi connectivity index (χ2n) is 35.0. The van der Waals surface area contributed by atoms with Crippen molar-refractivity contribution in [3.8, 4) is 28.7 Å². The van der Waals surface area contributed by atoms with Crippen LogP contribution in [0.15, 0.2) is 137 Å². The largest absolute Gasteiger partial charge is 0.497 e. The number of aliphatic hydroxyl groups is 6. The number of thioether (sulfide) groups is 2. The molecule has 0 aromatic heterocycles. The minimum Gasteiger partial charge on any atom is -0.497 e. The van der Waals surface area contributed by atoms with E-state index < -0.39 is 138 Å². The van der Waals surface area contributed by atoms with Gasteiger partial charge < -0.3 is 128 Å². The molecule has 11 N–H and O–H groups in total. The first-order valence-electron chi connectivity index (χ1n) is 45.7. The van der Waals surface area contributed by atoms with E-state index in [0.717, 1.165) is 50.8 Å². The van der Waals surface area contributed by atoms with Gasteiger partial charge in [-0.25, -0.2) is 0 Å². The third-order valence-electron chi connectivity index (χ3n) is 26.0. The van der Waals surface area contributed by atoms with Gasteiger partial charge in [0.25, 0.3) is 3.79 Å². The number of benzene rings is 5. The molecule has 800 valence electrons. The van der Waals surface area contributed by atoms with Crippen molar-refractivity contribution in [2.75, 3.05) is 87.7 Å². The number of aliphatic hydroxyl groups excluding tert-OH is 6. The Labute approximate surface area is 851 Å². The predicted octanol–water partition coefficient (Wildman–Crippen LogP) is 15.0. The van der Waals surface area contributed by atoms with E-state index in [1.165, 1.54) is 11.8 Å². The van der Waals surface area contributed by atoms with Crippen molar-refractivity contribution in [3.63, 3.8) is 0 Å². The summed E-state index contributed by atoms with van der Waals surface area (Å²) in [6.07, 6.45) is -16.3. The van der Waals surface area contributed by atoms with Gasteiger partial charge in [0, 0.05) is 14.7 Å². The monoisotopic (exact) mass is 2130 g/mol. The minimum absolute atomic E-state index is 0.000779. The van der Waals surface area contributed by atoms with E-state index in [-0.39, 0.29) is 103 Å². The lowest BCUT2D eigenvalue weighted by Crippen LogP contribution is -2.60. The van der Waals surface area contributed by atoms with Gasteiger partial charge in [-0.1, -0.05) is 180 Å². The Morgan fingerprint density at radius 2 is 0.685 bits per heavy atom. The van der Waals surface area contributed by atoms with E-state index in [4.69, 9.17) is 148 Å². The van der Waals surface area contributed by atoms with Crippen LogP contribution in [0.4, 0.5) is 26.3 Å². The summed E-state index contributed by atoms with van der Waals surface area (Å²) in [5.74, 6) is -1.71. The smallest absolute Gasteiger partial charge is 0.471 e. The van der Waals surface area contributed by atoms with Crippen molar-refractivity contribution in [2.45, 2.75) is 240 Å². The molecule has 6 fully saturated rings. The molecule has 143 heavy (non-hydrogen) atoms. The van der Waals surface area contributed by atoms with Crippen LogP contribution >= 0.6 is 58.3 Å². The Kier molecular flexibility index (Phi) is 52.7. The number of carbonyl (C=O) groups excluding carboxylic acids is 2. The standard InChI is InChI=1S/C20H24Cl3F3N2O5.C18H24F3NO5.C17H25N3O3S.C16H23N3O4.C16H25NO4.C7H13N3O4S/c1-10-11(2)15(28-18(29)20(24,25)26)16(33-17(27)19(21,22)23)32-14(10)9-31-8-12-4-6-13(30-3)7-5-12;1-10-11(2)15(22-17(24)18(19,20)21)16(23)27-14(10)9-26-8-12-4-6-13(25-3)7-5-12;1-11-12(2)16(19-20-18)17(24-4)23-15(11)10-22-9-13-5-7-14(21-3)8-6-13;1-10-11(2)15(18-19-17)16(20)23-14(10)9-22-8-12-4-6-13(21-3)7-5-12;1-10-11(2)15(17)16(18)21-14(10)9-20-8-12-4-6-13(19-3)7-5-12;1-15-7-4(9-10-8)6(13)5(12)3(2-11)14-7/h4-7,10-11,14-16,27H,8-9H2,1-3H3,(H,28,29);4-7,10-11,14-16,23H,8-9H2,1-3H3,(H,22,24);5-8,11-12,15-17H,9-10H2,1-4H3;4-7,10-11,14-16,20H,8-9H2,1-3H3;4-7,10-11,14-16,18H,8-9,17H2,1-3H3;3-7,11-13H,2H2,1H3/t2*10-,11-,14?,15?,16?;11-,12-,15?,16?,17-;2*10-,11-,14?,15?,16?;3?,4?,5-,6-,7+/m000001/s1. The number of ether oxygens (including phenoxy) is 17. The van der Waals surface area contributed by atoms with Crippen LogP contribution < -0.4 is 40.1 Å². The predicted molar refractivity (Wildman–Crippen MR) is 521 cm³/mol. The van der Waals surface area contributed by atoms with Gasteiger partial charge in [-0.05, 0) is 177 Å². The van der Waals surface area contributed by atoms with Gasteiger partial charge in [0.05, 0.1) is 175 Å². The third-order valence-corrected chi connectivity index (χ3v) is 28.2. The molecule has 0 radical (unpaired) electrons. The van der Waals surface area contributed by atoms with Crippen LogP contribution in [-0.2, 0) is 99.5 Å². The average molecular weight is 2130 g/mol. The number of methoxy groups -OCH3 is 5. The third kappa shape index (κ3) is 38.2. The quantitative estimate of drug-likeness (QED) is 0.00348. The molecule has 16 unspecified atom stereocenters. The van der Waals surface area contributed by atoms with E-state index in [2.05, 4.69) is 50.8 Å². The van der Waals surface area contributed by atoms with Crippen molar-refractivity contribution in [1.82, 2.24) is 10.6 Å². The normalized spacial score (nSPS) is 30.4. The van der Waals surface area contributed by atoms with E-state index in [1.807, 2.05) is 135 Å². The van der Waals surface area contributed by atoms with Gasteiger partial charge >= 0.3 is 24.2 Å². The number of alkyl halides is 9. The van der Waals surface area contributed by atoms with Crippen molar-refractivity contribution in [1.29, 1.82) is 5.41 Å². The van der Waals surface area contributed by atoms with Crippen molar-refractivity contribution >= 4 is 76.0 Å². The lowest BCUT2D eigenvalue weighted by atomic mass is 9.82. The van der Waals surface area contributed by atoms with Gasteiger partial charge in [0.1, 0.15) is 57.9 Å². The van der Waals surface area contributed by atoms with Crippen LogP contribution in [0.1, 0.15) is 97.1 Å². The van der Waals surface area contributed by atoms with Crippen LogP contribution in [-0.4, -0.2) is 273 Å². The second-order valence-corrected chi connectivity index (χ2v) is 39.1. The number of nitrogens with two attached hydrogens (primary N) is 1. The first kappa shape index (κ1) is 124. The molecule has 6 aliphatic heterocycles. The Hall–Kier alpha value is -8.13. The molecule has 6 heterocycles. The fraction of sp³-hybridized carbons (Fsp3) is 0.649. The van der Waals surface area contributed by atoms with E-state index in [1.54, 1.807) is 106 Å². The lowest BCUT2D eigenvalue weighted by molar-refractivity contribution is -0.228. The Morgan fingerprint density at radius 3 is 1.01 bits per heavy atom. The van der Waals surface area contributed by atoms with Crippen LogP contribution in [0.3, 0.4) is 0 Å². The summed E-state index contributed by atoms with van der Waals surface area (Å²) in [7, 11) is 8.05. The van der Waals surface area contributed by atoms with Crippen LogP contribution in [0, 0.1) is 64.6 Å². The Balaban J connectivity index is 0.000000266. The highest BCUT2D eigenvalue weighted by atomic mass is 35.6. The summed E-state index contributed by atoms with van der Waals surface area (Å²) in [6, 6.07) is 33.5. The summed E-state index contributed by atoms with van der Waals surface area (Å²) < 4.78 is 167. The highest BCUT2D eigenvalue weighted by molar-refractivity contribution is 7.99. The van der Waals surface area contributed by atoms with Gasteiger partial charge in [-0.15, -0.1) is 23.5 Å². The maximum atomic E-state index is 12.8. The number of amides is 2. The number of nitrogens with one attached hydrogen (secondary N) is 3. The fourth-order valence-electron chi connectivity index (χ4n) is 15.8. The molecule has 5 aromatic rings. The maximum Gasteiger partial charge on any atom is 0.471 e. The molecule has 0 aliphatic carbocycles. The molecule has 49 heteroatoms. The fourth-order valence-corrected chi connectivity index (χ4v) is 17.5.